The van der Waals surface area contributed by atoms with Gasteiger partial charge in [0.2, 0.25) is 0 Å². The molecule has 16 heavy (non-hydrogen) atoms. The van der Waals surface area contributed by atoms with Crippen LogP contribution >= 0.6 is 23.5 Å². The third kappa shape index (κ3) is 5.32. The maximum absolute atomic E-state index is 5.69. The molecule has 0 bridgehead atoms. The van der Waals surface area contributed by atoms with Gasteiger partial charge >= 0.3 is 0 Å². The van der Waals surface area contributed by atoms with Gasteiger partial charge in [-0.05, 0) is 31.1 Å². The lowest BCUT2D eigenvalue weighted by atomic mass is 10.3. The first kappa shape index (κ1) is 14.0. The van der Waals surface area contributed by atoms with E-state index in [0.29, 0.717) is 6.04 Å². The third-order valence-corrected chi connectivity index (χ3v) is 3.92. The Bertz CT molecular complexity index is 288. The fourth-order valence-corrected chi connectivity index (χ4v) is 2.51. The Labute approximate surface area is 107 Å². The second-order valence-corrected chi connectivity index (χ2v) is 5.93. The van der Waals surface area contributed by atoms with E-state index in [1.165, 1.54) is 5.75 Å². The van der Waals surface area contributed by atoms with Crippen LogP contribution in [0.25, 0.3) is 0 Å². The monoisotopic (exact) mass is 259 g/mol. The topological polar surface area (TPSA) is 25.2 Å². The molecule has 0 aliphatic carbocycles. The Morgan fingerprint density at radius 1 is 1.38 bits per heavy atom. The van der Waals surface area contributed by atoms with Crippen molar-refractivity contribution in [2.75, 3.05) is 17.8 Å². The van der Waals surface area contributed by atoms with Crippen LogP contribution in [0, 0.1) is 0 Å². The highest BCUT2D eigenvalue weighted by Crippen LogP contribution is 2.13. The van der Waals surface area contributed by atoms with Gasteiger partial charge in [0.1, 0.15) is 11.5 Å². The quantitative estimate of drug-likeness (QED) is 0.774. The molecule has 0 saturated carbocycles. The summed E-state index contributed by atoms with van der Waals surface area (Å²) in [5.41, 5.74) is 0. The molecule has 0 fully saturated rings. The second-order valence-electron chi connectivity index (χ2n) is 3.74. The van der Waals surface area contributed by atoms with Gasteiger partial charge in [0.15, 0.2) is 0 Å². The molecule has 1 rings (SSSR count). The zero-order valence-corrected chi connectivity index (χ0v) is 11.9. The smallest absolute Gasteiger partial charge is 0.118 e. The van der Waals surface area contributed by atoms with Crippen molar-refractivity contribution >= 4 is 23.5 Å². The van der Waals surface area contributed by atoms with Gasteiger partial charge < -0.3 is 9.73 Å². The molecule has 0 saturated heterocycles. The molecule has 2 nitrogen and oxygen atoms in total. The Morgan fingerprint density at radius 2 is 2.12 bits per heavy atom. The third-order valence-electron chi connectivity index (χ3n) is 2.20. The van der Waals surface area contributed by atoms with Crippen molar-refractivity contribution < 1.29 is 4.42 Å². The SMILES string of the molecule is CCSCC(C)NCc1ccc(CSC)o1. The number of hydrogen-bond donors (Lipinski definition) is 1. The standard InChI is InChI=1S/C12H21NOS2/c1-4-16-8-10(2)13-7-11-5-6-12(14-11)9-15-3/h5-6,10,13H,4,7-9H2,1-3H3. The Morgan fingerprint density at radius 3 is 2.81 bits per heavy atom. The van der Waals surface area contributed by atoms with E-state index >= 15 is 0 Å². The van der Waals surface area contributed by atoms with Crippen LogP contribution < -0.4 is 5.32 Å². The summed E-state index contributed by atoms with van der Waals surface area (Å²) in [4.78, 5) is 0. The average molecular weight is 259 g/mol. The molecule has 1 atom stereocenters. The molecule has 0 spiro atoms. The molecule has 0 aliphatic heterocycles. The Kier molecular flexibility index (Phi) is 7.08. The molecule has 92 valence electrons. The lowest BCUT2D eigenvalue weighted by Crippen LogP contribution is -2.27. The van der Waals surface area contributed by atoms with Crippen LogP contribution in [-0.4, -0.2) is 23.8 Å². The highest BCUT2D eigenvalue weighted by molar-refractivity contribution is 7.99. The minimum Gasteiger partial charge on any atom is -0.464 e. The molecule has 0 amide bonds. The van der Waals surface area contributed by atoms with Gasteiger partial charge in [0, 0.05) is 11.8 Å². The van der Waals surface area contributed by atoms with Gasteiger partial charge in [-0.25, -0.2) is 0 Å². The molecule has 0 aromatic carbocycles. The minimum atomic E-state index is 0.541. The van der Waals surface area contributed by atoms with E-state index in [1.54, 1.807) is 11.8 Å². The first-order valence-electron chi connectivity index (χ1n) is 5.64. The molecule has 1 aromatic rings. The van der Waals surface area contributed by atoms with Crippen LogP contribution in [0.5, 0.6) is 0 Å². The number of rotatable bonds is 8. The molecule has 0 aliphatic rings. The van der Waals surface area contributed by atoms with E-state index in [9.17, 15) is 0 Å². The van der Waals surface area contributed by atoms with Crippen LogP contribution in [0.2, 0.25) is 0 Å². The summed E-state index contributed by atoms with van der Waals surface area (Å²) in [6.07, 6.45) is 2.09. The van der Waals surface area contributed by atoms with Gasteiger partial charge in [-0.3, -0.25) is 0 Å². The van der Waals surface area contributed by atoms with Crippen molar-refractivity contribution in [2.45, 2.75) is 32.2 Å². The molecule has 1 N–H and O–H groups in total. The van der Waals surface area contributed by atoms with Gasteiger partial charge in [-0.15, -0.1) is 0 Å². The fourth-order valence-electron chi connectivity index (χ4n) is 1.37. The van der Waals surface area contributed by atoms with Crippen LogP contribution in [0.15, 0.2) is 16.5 Å². The van der Waals surface area contributed by atoms with Gasteiger partial charge in [0.25, 0.3) is 0 Å². The van der Waals surface area contributed by atoms with E-state index < -0.39 is 0 Å². The molecule has 1 aromatic heterocycles. The fraction of sp³-hybridized carbons (Fsp3) is 0.667. The van der Waals surface area contributed by atoms with Crippen molar-refractivity contribution in [2.24, 2.45) is 0 Å². The largest absolute Gasteiger partial charge is 0.464 e. The summed E-state index contributed by atoms with van der Waals surface area (Å²) in [5, 5.41) is 3.47. The van der Waals surface area contributed by atoms with Crippen LogP contribution in [0.4, 0.5) is 0 Å². The van der Waals surface area contributed by atoms with E-state index in [-0.39, 0.29) is 0 Å². The summed E-state index contributed by atoms with van der Waals surface area (Å²) in [6, 6.07) is 4.68. The molecule has 1 unspecified atom stereocenters. The van der Waals surface area contributed by atoms with Crippen molar-refractivity contribution in [3.05, 3.63) is 23.7 Å². The van der Waals surface area contributed by atoms with Crippen molar-refractivity contribution in [3.8, 4) is 0 Å². The first-order chi connectivity index (χ1) is 7.76. The summed E-state index contributed by atoms with van der Waals surface area (Å²) in [5.74, 6) is 5.41. The number of hydrogen-bond acceptors (Lipinski definition) is 4. The van der Waals surface area contributed by atoms with Gasteiger partial charge in [-0.2, -0.15) is 23.5 Å². The molecular formula is C12H21NOS2. The predicted molar refractivity (Wildman–Crippen MR) is 75.2 cm³/mol. The maximum atomic E-state index is 5.69. The summed E-state index contributed by atoms with van der Waals surface area (Å²) in [7, 11) is 0. The van der Waals surface area contributed by atoms with Gasteiger partial charge in [0.05, 0.1) is 12.3 Å². The summed E-state index contributed by atoms with van der Waals surface area (Å²) in [6.45, 7) is 5.24. The van der Waals surface area contributed by atoms with E-state index in [0.717, 1.165) is 29.6 Å². The Hall–Kier alpha value is -0.0600. The highest BCUT2D eigenvalue weighted by atomic mass is 32.2. The number of furan rings is 1. The summed E-state index contributed by atoms with van der Waals surface area (Å²) >= 11 is 3.75. The number of nitrogens with one attached hydrogen (secondary N) is 1. The van der Waals surface area contributed by atoms with E-state index in [4.69, 9.17) is 4.42 Å². The predicted octanol–water partition coefficient (Wildman–Crippen LogP) is 3.37. The minimum absolute atomic E-state index is 0.541. The van der Waals surface area contributed by atoms with Crippen molar-refractivity contribution in [3.63, 3.8) is 0 Å². The van der Waals surface area contributed by atoms with Crippen molar-refractivity contribution in [1.29, 1.82) is 0 Å². The maximum Gasteiger partial charge on any atom is 0.118 e. The molecular weight excluding hydrogens is 238 g/mol. The zero-order chi connectivity index (χ0) is 11.8. The van der Waals surface area contributed by atoms with Crippen molar-refractivity contribution in [1.82, 2.24) is 5.32 Å². The van der Waals surface area contributed by atoms with Crippen LogP contribution in [0.3, 0.4) is 0 Å². The Balaban J connectivity index is 2.25. The first-order valence-corrected chi connectivity index (χ1v) is 8.18. The van der Waals surface area contributed by atoms with Crippen LogP contribution in [0.1, 0.15) is 25.4 Å². The average Bonchev–Trinajstić information content (AvgIpc) is 2.72. The summed E-state index contributed by atoms with van der Waals surface area (Å²) < 4.78 is 5.69. The van der Waals surface area contributed by atoms with E-state index in [1.807, 2.05) is 11.8 Å². The molecule has 1 heterocycles. The zero-order valence-electron chi connectivity index (χ0n) is 10.3. The highest BCUT2D eigenvalue weighted by Gasteiger charge is 2.04. The van der Waals surface area contributed by atoms with E-state index in [2.05, 4.69) is 37.6 Å². The lowest BCUT2D eigenvalue weighted by Gasteiger charge is -2.11. The normalized spacial score (nSPS) is 12.9. The number of thioether (sulfide) groups is 2. The molecule has 0 radical (unpaired) electrons. The van der Waals surface area contributed by atoms with Crippen LogP contribution in [-0.2, 0) is 12.3 Å². The second kappa shape index (κ2) is 8.09. The van der Waals surface area contributed by atoms with Gasteiger partial charge in [-0.1, -0.05) is 6.92 Å². The lowest BCUT2D eigenvalue weighted by molar-refractivity contribution is 0.447. The molecule has 4 heteroatoms.